The van der Waals surface area contributed by atoms with Crippen LogP contribution in [-0.4, -0.2) is 38.3 Å². The molecule has 0 aliphatic carbocycles. The van der Waals surface area contributed by atoms with Crippen molar-refractivity contribution >= 4 is 17.3 Å². The monoisotopic (exact) mass is 289 g/mol. The van der Waals surface area contributed by atoms with Crippen molar-refractivity contribution in [2.45, 2.75) is 38.5 Å². The van der Waals surface area contributed by atoms with Crippen LogP contribution in [0, 0.1) is 0 Å². The molecule has 0 bridgehead atoms. The van der Waals surface area contributed by atoms with Gasteiger partial charge in [-0.1, -0.05) is 13.0 Å². The van der Waals surface area contributed by atoms with Crippen LogP contribution in [0.15, 0.2) is 18.2 Å². The van der Waals surface area contributed by atoms with Crippen LogP contribution in [0.1, 0.15) is 31.9 Å². The Balaban J connectivity index is 1.84. The molecule has 1 aromatic rings. The summed E-state index contributed by atoms with van der Waals surface area (Å²) in [6.07, 6.45) is 1.29. The van der Waals surface area contributed by atoms with Crippen LogP contribution >= 0.6 is 0 Å². The van der Waals surface area contributed by atoms with Gasteiger partial charge in [0.2, 0.25) is 5.91 Å². The highest BCUT2D eigenvalue weighted by molar-refractivity contribution is 6.03. The molecule has 114 valence electrons. The van der Waals surface area contributed by atoms with Crippen LogP contribution in [0.5, 0.6) is 0 Å². The molecule has 1 aromatic carbocycles. The molecule has 2 aliphatic heterocycles. The summed E-state index contributed by atoms with van der Waals surface area (Å²) in [5, 5.41) is 6.19. The fourth-order valence-electron chi connectivity index (χ4n) is 3.30. The fourth-order valence-corrected chi connectivity index (χ4v) is 3.30. The molecule has 1 fully saturated rings. The Morgan fingerprint density at radius 3 is 2.95 bits per heavy atom. The van der Waals surface area contributed by atoms with E-state index >= 15 is 0 Å². The van der Waals surface area contributed by atoms with Crippen LogP contribution in [-0.2, 0) is 9.53 Å². The molecule has 1 amide bonds. The summed E-state index contributed by atoms with van der Waals surface area (Å²) in [5.41, 5.74) is 3.07. The van der Waals surface area contributed by atoms with E-state index in [0.29, 0.717) is 6.04 Å². The van der Waals surface area contributed by atoms with Crippen molar-refractivity contribution in [3.8, 4) is 0 Å². The summed E-state index contributed by atoms with van der Waals surface area (Å²) in [6, 6.07) is 6.37. The Bertz CT molecular complexity index is 546. The van der Waals surface area contributed by atoms with Crippen molar-refractivity contribution in [3.05, 3.63) is 23.8 Å². The normalized spacial score (nSPS) is 27.6. The second kappa shape index (κ2) is 5.66. The summed E-state index contributed by atoms with van der Waals surface area (Å²) in [7, 11) is 2.09. The summed E-state index contributed by atoms with van der Waals surface area (Å²) >= 11 is 0. The number of likely N-dealkylation sites (N-methyl/N-ethyl adjacent to an activating group) is 2. The zero-order chi connectivity index (χ0) is 15.0. The zero-order valence-corrected chi connectivity index (χ0v) is 12.8. The standard InChI is InChI=1S/C16H23N3O2/c1-4-17-15-12-6-5-11(9-13(12)18-16(15)20)19(3)14-7-8-21-10(14)2/h5-6,9-10,14-15,17H,4,7-8H2,1-3H3,(H,18,20). The molecule has 5 nitrogen and oxygen atoms in total. The number of rotatable bonds is 4. The van der Waals surface area contributed by atoms with Crippen molar-refractivity contribution in [1.29, 1.82) is 0 Å². The molecule has 0 spiro atoms. The predicted molar refractivity (Wildman–Crippen MR) is 83.7 cm³/mol. The first kappa shape index (κ1) is 14.4. The maximum atomic E-state index is 12.0. The van der Waals surface area contributed by atoms with Gasteiger partial charge in [0.1, 0.15) is 6.04 Å². The molecule has 21 heavy (non-hydrogen) atoms. The molecule has 0 aromatic heterocycles. The van der Waals surface area contributed by atoms with Gasteiger partial charge in [-0.05, 0) is 32.0 Å². The lowest BCUT2D eigenvalue weighted by Gasteiger charge is -2.29. The molecule has 0 radical (unpaired) electrons. The molecule has 2 N–H and O–H groups in total. The summed E-state index contributed by atoms with van der Waals surface area (Å²) < 4.78 is 5.65. The number of fused-ring (bicyclic) bond motifs is 1. The van der Waals surface area contributed by atoms with Gasteiger partial charge in [0.15, 0.2) is 0 Å². The Hall–Kier alpha value is -1.59. The second-order valence-corrected chi connectivity index (χ2v) is 5.79. The van der Waals surface area contributed by atoms with Crippen LogP contribution in [0.4, 0.5) is 11.4 Å². The van der Waals surface area contributed by atoms with Crippen molar-refractivity contribution in [3.63, 3.8) is 0 Å². The minimum atomic E-state index is -0.224. The summed E-state index contributed by atoms with van der Waals surface area (Å²) in [6.45, 7) is 5.72. The Morgan fingerprint density at radius 2 is 2.29 bits per heavy atom. The third-order valence-electron chi connectivity index (χ3n) is 4.52. The van der Waals surface area contributed by atoms with Gasteiger partial charge in [-0.2, -0.15) is 0 Å². The van der Waals surface area contributed by atoms with Gasteiger partial charge in [-0.15, -0.1) is 0 Å². The van der Waals surface area contributed by atoms with Crippen LogP contribution < -0.4 is 15.5 Å². The van der Waals surface area contributed by atoms with Crippen LogP contribution in [0.3, 0.4) is 0 Å². The van der Waals surface area contributed by atoms with Crippen LogP contribution in [0.25, 0.3) is 0 Å². The van der Waals surface area contributed by atoms with Gasteiger partial charge in [-0.3, -0.25) is 4.79 Å². The van der Waals surface area contributed by atoms with Crippen molar-refractivity contribution < 1.29 is 9.53 Å². The quantitative estimate of drug-likeness (QED) is 0.889. The number of nitrogens with zero attached hydrogens (tertiary/aromatic N) is 1. The Morgan fingerprint density at radius 1 is 1.48 bits per heavy atom. The van der Waals surface area contributed by atoms with E-state index in [1.807, 2.05) is 13.0 Å². The SMILES string of the molecule is CCNC1C(=O)Nc2cc(N(C)C3CCOC3C)ccc21. The van der Waals surface area contributed by atoms with Gasteiger partial charge in [0, 0.05) is 30.6 Å². The molecule has 0 saturated carbocycles. The Kier molecular flexibility index (Phi) is 3.87. The largest absolute Gasteiger partial charge is 0.376 e. The number of hydrogen-bond acceptors (Lipinski definition) is 4. The minimum Gasteiger partial charge on any atom is -0.376 e. The van der Waals surface area contributed by atoms with E-state index in [0.717, 1.165) is 36.5 Å². The molecule has 2 aliphatic rings. The minimum absolute atomic E-state index is 0.0317. The number of benzene rings is 1. The van der Waals surface area contributed by atoms with E-state index < -0.39 is 0 Å². The number of anilines is 2. The number of hydrogen-bond donors (Lipinski definition) is 2. The van der Waals surface area contributed by atoms with E-state index in [1.165, 1.54) is 0 Å². The van der Waals surface area contributed by atoms with Gasteiger partial charge in [0.25, 0.3) is 0 Å². The summed E-state index contributed by atoms with van der Waals surface area (Å²) in [5.74, 6) is 0.0317. The first-order valence-corrected chi connectivity index (χ1v) is 7.64. The topological polar surface area (TPSA) is 53.6 Å². The number of carbonyl (C=O) groups is 1. The average Bonchev–Trinajstić information content (AvgIpc) is 3.02. The number of ether oxygens (including phenoxy) is 1. The zero-order valence-electron chi connectivity index (χ0n) is 12.8. The highest BCUT2D eigenvalue weighted by atomic mass is 16.5. The molecule has 1 saturated heterocycles. The highest BCUT2D eigenvalue weighted by Crippen LogP contribution is 2.35. The maximum Gasteiger partial charge on any atom is 0.246 e. The fraction of sp³-hybridized carbons (Fsp3) is 0.562. The van der Waals surface area contributed by atoms with Crippen LogP contribution in [0.2, 0.25) is 0 Å². The molecule has 2 heterocycles. The third kappa shape index (κ3) is 2.51. The molecule has 3 atom stereocenters. The smallest absolute Gasteiger partial charge is 0.246 e. The first-order valence-electron chi connectivity index (χ1n) is 7.64. The van der Waals surface area contributed by atoms with Gasteiger partial charge in [0.05, 0.1) is 12.1 Å². The lowest BCUT2D eigenvalue weighted by Crippen LogP contribution is -2.36. The lowest BCUT2D eigenvalue weighted by atomic mass is 10.1. The number of nitrogens with one attached hydrogen (secondary N) is 2. The first-order chi connectivity index (χ1) is 10.1. The van der Waals surface area contributed by atoms with Crippen molar-refractivity contribution in [1.82, 2.24) is 5.32 Å². The molecule has 3 rings (SSSR count). The van der Waals surface area contributed by atoms with E-state index in [4.69, 9.17) is 4.74 Å². The molecule has 5 heteroatoms. The van der Waals surface area contributed by atoms with E-state index in [-0.39, 0.29) is 18.1 Å². The van der Waals surface area contributed by atoms with Gasteiger partial charge < -0.3 is 20.3 Å². The average molecular weight is 289 g/mol. The van der Waals surface area contributed by atoms with Gasteiger partial charge >= 0.3 is 0 Å². The molecular weight excluding hydrogens is 266 g/mol. The predicted octanol–water partition coefficient (Wildman–Crippen LogP) is 1.90. The maximum absolute atomic E-state index is 12.0. The lowest BCUT2D eigenvalue weighted by molar-refractivity contribution is -0.117. The third-order valence-corrected chi connectivity index (χ3v) is 4.52. The second-order valence-electron chi connectivity index (χ2n) is 5.79. The number of amides is 1. The van der Waals surface area contributed by atoms with E-state index in [9.17, 15) is 4.79 Å². The van der Waals surface area contributed by atoms with Crippen molar-refractivity contribution in [2.75, 3.05) is 30.4 Å². The number of carbonyl (C=O) groups excluding carboxylic acids is 1. The van der Waals surface area contributed by atoms with Crippen molar-refractivity contribution in [2.24, 2.45) is 0 Å². The molecular formula is C16H23N3O2. The Labute approximate surface area is 125 Å². The van der Waals surface area contributed by atoms with E-state index in [2.05, 4.69) is 41.6 Å². The highest BCUT2D eigenvalue weighted by Gasteiger charge is 2.32. The van der Waals surface area contributed by atoms with Gasteiger partial charge in [-0.25, -0.2) is 0 Å². The van der Waals surface area contributed by atoms with E-state index in [1.54, 1.807) is 0 Å². The molecule has 3 unspecified atom stereocenters. The summed E-state index contributed by atoms with van der Waals surface area (Å²) in [4.78, 5) is 14.3.